The third-order valence-corrected chi connectivity index (χ3v) is 6.40. The SMILES string of the molecule is CC1(C)CCCC(C)(C)N1OC1CC2CC(C(=O)O)CC(O)(C2)C1. The Balaban J connectivity index is 1.72. The summed E-state index contributed by atoms with van der Waals surface area (Å²) in [4.78, 5) is 17.8. The van der Waals surface area contributed by atoms with Gasteiger partial charge in [0, 0.05) is 17.5 Å². The number of carbonyl (C=O) groups is 1. The summed E-state index contributed by atoms with van der Waals surface area (Å²) < 4.78 is 0. The number of hydrogen-bond acceptors (Lipinski definition) is 4. The molecule has 0 aromatic rings. The first kappa shape index (κ1) is 18.2. The van der Waals surface area contributed by atoms with Gasteiger partial charge in [-0.05, 0) is 78.6 Å². The highest BCUT2D eigenvalue weighted by Gasteiger charge is 2.50. The predicted molar refractivity (Wildman–Crippen MR) is 91.4 cm³/mol. The van der Waals surface area contributed by atoms with Gasteiger partial charge in [-0.25, -0.2) is 0 Å². The third kappa shape index (κ3) is 3.49. The van der Waals surface area contributed by atoms with Gasteiger partial charge in [-0.3, -0.25) is 9.63 Å². The van der Waals surface area contributed by atoms with E-state index in [1.54, 1.807) is 0 Å². The third-order valence-electron chi connectivity index (χ3n) is 6.40. The lowest BCUT2D eigenvalue weighted by atomic mass is 9.64. The first-order valence-electron chi connectivity index (χ1n) is 9.43. The molecule has 5 nitrogen and oxygen atoms in total. The maximum absolute atomic E-state index is 11.3. The van der Waals surface area contributed by atoms with Crippen molar-refractivity contribution in [3.63, 3.8) is 0 Å². The van der Waals surface area contributed by atoms with E-state index in [2.05, 4.69) is 32.8 Å². The quantitative estimate of drug-likeness (QED) is 0.825. The number of carboxylic acids is 1. The molecular formula is C19H33NO4. The van der Waals surface area contributed by atoms with Crippen LogP contribution in [-0.2, 0) is 9.63 Å². The molecular weight excluding hydrogens is 306 g/mol. The van der Waals surface area contributed by atoms with Gasteiger partial charge in [-0.1, -0.05) is 0 Å². The summed E-state index contributed by atoms with van der Waals surface area (Å²) in [7, 11) is 0. The molecule has 1 heterocycles. The lowest BCUT2D eigenvalue weighted by Gasteiger charge is -2.54. The number of aliphatic hydroxyl groups is 1. The second-order valence-electron chi connectivity index (χ2n) is 9.71. The largest absolute Gasteiger partial charge is 0.481 e. The molecule has 2 N–H and O–H groups in total. The Morgan fingerprint density at radius 1 is 1.04 bits per heavy atom. The van der Waals surface area contributed by atoms with Gasteiger partial charge >= 0.3 is 5.97 Å². The van der Waals surface area contributed by atoms with Gasteiger partial charge in [0.05, 0.1) is 17.6 Å². The number of carboxylic acid groups (broad SMARTS) is 1. The van der Waals surface area contributed by atoms with Crippen LogP contribution in [0.5, 0.6) is 0 Å². The first-order chi connectivity index (χ1) is 11.0. The fourth-order valence-corrected chi connectivity index (χ4v) is 5.55. The molecule has 3 aliphatic rings. The van der Waals surface area contributed by atoms with Crippen molar-refractivity contribution < 1.29 is 19.8 Å². The number of piperidine rings is 1. The van der Waals surface area contributed by atoms with Crippen LogP contribution in [-0.4, -0.2) is 44.0 Å². The molecule has 24 heavy (non-hydrogen) atoms. The predicted octanol–water partition coefficient (Wildman–Crippen LogP) is 3.36. The number of rotatable bonds is 3. The van der Waals surface area contributed by atoms with Crippen molar-refractivity contribution in [1.29, 1.82) is 0 Å². The van der Waals surface area contributed by atoms with E-state index in [1.807, 2.05) is 0 Å². The van der Waals surface area contributed by atoms with Crippen LogP contribution in [0, 0.1) is 11.8 Å². The van der Waals surface area contributed by atoms with Crippen molar-refractivity contribution >= 4 is 5.97 Å². The minimum absolute atomic E-state index is 0.0134. The molecule has 4 unspecified atom stereocenters. The summed E-state index contributed by atoms with van der Waals surface area (Å²) in [6.45, 7) is 8.92. The molecule has 0 aromatic heterocycles. The fourth-order valence-electron chi connectivity index (χ4n) is 5.55. The topological polar surface area (TPSA) is 70.0 Å². The van der Waals surface area contributed by atoms with Gasteiger partial charge in [-0.15, -0.1) is 0 Å². The Morgan fingerprint density at radius 2 is 1.67 bits per heavy atom. The molecule has 3 fully saturated rings. The molecule has 2 aliphatic carbocycles. The van der Waals surface area contributed by atoms with Gasteiger partial charge in [0.15, 0.2) is 0 Å². The highest BCUT2D eigenvalue weighted by Crippen LogP contribution is 2.48. The lowest BCUT2D eigenvalue weighted by molar-refractivity contribution is -0.319. The maximum atomic E-state index is 11.3. The van der Waals surface area contributed by atoms with E-state index in [-0.39, 0.29) is 23.1 Å². The maximum Gasteiger partial charge on any atom is 0.306 e. The summed E-state index contributed by atoms with van der Waals surface area (Å²) in [5.74, 6) is -0.923. The minimum Gasteiger partial charge on any atom is -0.481 e. The lowest BCUT2D eigenvalue weighted by Crippen LogP contribution is -2.60. The zero-order valence-corrected chi connectivity index (χ0v) is 15.5. The van der Waals surface area contributed by atoms with E-state index >= 15 is 0 Å². The number of hydroxylamine groups is 2. The van der Waals surface area contributed by atoms with Crippen LogP contribution in [0.1, 0.15) is 79.1 Å². The molecule has 2 saturated carbocycles. The molecule has 1 saturated heterocycles. The summed E-state index contributed by atoms with van der Waals surface area (Å²) in [5, 5.41) is 22.4. The van der Waals surface area contributed by atoms with Gasteiger partial charge in [0.25, 0.3) is 0 Å². The van der Waals surface area contributed by atoms with Crippen LogP contribution in [0.4, 0.5) is 0 Å². The van der Waals surface area contributed by atoms with E-state index in [0.717, 1.165) is 25.7 Å². The zero-order chi connectivity index (χ0) is 17.8. The number of aliphatic carboxylic acids is 1. The molecule has 0 spiro atoms. The van der Waals surface area contributed by atoms with E-state index in [9.17, 15) is 15.0 Å². The van der Waals surface area contributed by atoms with E-state index in [4.69, 9.17) is 4.84 Å². The second kappa shape index (κ2) is 5.96. The van der Waals surface area contributed by atoms with Crippen LogP contribution in [0.25, 0.3) is 0 Å². The number of hydrogen-bond donors (Lipinski definition) is 2. The van der Waals surface area contributed by atoms with Crippen LogP contribution in [0.2, 0.25) is 0 Å². The van der Waals surface area contributed by atoms with Gasteiger partial charge in [0.1, 0.15) is 0 Å². The molecule has 0 radical (unpaired) electrons. The summed E-state index contributed by atoms with van der Waals surface area (Å²) in [6, 6.07) is 0. The molecule has 138 valence electrons. The number of fused-ring (bicyclic) bond motifs is 2. The second-order valence-corrected chi connectivity index (χ2v) is 9.71. The van der Waals surface area contributed by atoms with Crippen molar-refractivity contribution in [2.75, 3.05) is 0 Å². The first-order valence-corrected chi connectivity index (χ1v) is 9.43. The van der Waals surface area contributed by atoms with Gasteiger partial charge < -0.3 is 10.2 Å². The zero-order valence-electron chi connectivity index (χ0n) is 15.5. The molecule has 3 rings (SSSR count). The Labute approximate surface area is 145 Å². The minimum atomic E-state index is -0.876. The normalized spacial score (nSPS) is 41.8. The highest BCUT2D eigenvalue weighted by molar-refractivity contribution is 5.70. The van der Waals surface area contributed by atoms with Crippen molar-refractivity contribution in [3.05, 3.63) is 0 Å². The highest BCUT2D eigenvalue weighted by atomic mass is 16.7. The number of nitrogens with zero attached hydrogens (tertiary/aromatic N) is 1. The van der Waals surface area contributed by atoms with Crippen LogP contribution in [0.3, 0.4) is 0 Å². The van der Waals surface area contributed by atoms with E-state index in [0.29, 0.717) is 19.3 Å². The van der Waals surface area contributed by atoms with Crippen molar-refractivity contribution in [3.8, 4) is 0 Å². The standard InChI is InChI=1S/C19H33NO4/c1-17(2)6-5-7-18(3,4)20(17)24-15-9-13-8-14(16(21)22)11-19(23,10-13)12-15/h13-15,23H,5-12H2,1-4H3,(H,21,22). The molecule has 5 heteroatoms. The van der Waals surface area contributed by atoms with Gasteiger partial charge in [-0.2, -0.15) is 5.06 Å². The van der Waals surface area contributed by atoms with Crippen LogP contribution >= 0.6 is 0 Å². The van der Waals surface area contributed by atoms with Gasteiger partial charge in [0.2, 0.25) is 0 Å². The Morgan fingerprint density at radius 3 is 2.21 bits per heavy atom. The molecule has 0 amide bonds. The molecule has 1 aliphatic heterocycles. The molecule has 2 bridgehead atoms. The Kier molecular flexibility index (Phi) is 4.51. The monoisotopic (exact) mass is 339 g/mol. The summed E-state index contributed by atoms with van der Waals surface area (Å²) >= 11 is 0. The average molecular weight is 339 g/mol. The van der Waals surface area contributed by atoms with Crippen LogP contribution < -0.4 is 0 Å². The van der Waals surface area contributed by atoms with E-state index in [1.165, 1.54) is 6.42 Å². The summed E-state index contributed by atoms with van der Waals surface area (Å²) in [6.07, 6.45) is 6.58. The van der Waals surface area contributed by atoms with Crippen LogP contribution in [0.15, 0.2) is 0 Å². The molecule has 0 aromatic carbocycles. The fraction of sp³-hybridized carbons (Fsp3) is 0.947. The van der Waals surface area contributed by atoms with Crippen molar-refractivity contribution in [2.45, 2.75) is 102 Å². The van der Waals surface area contributed by atoms with Crippen molar-refractivity contribution in [2.24, 2.45) is 11.8 Å². The Hall–Kier alpha value is -0.650. The Bertz CT molecular complexity index is 488. The summed E-state index contributed by atoms with van der Waals surface area (Å²) in [5.41, 5.74) is -0.903. The van der Waals surface area contributed by atoms with E-state index < -0.39 is 17.5 Å². The molecule has 4 atom stereocenters. The average Bonchev–Trinajstić information content (AvgIpc) is 2.40. The van der Waals surface area contributed by atoms with Crippen molar-refractivity contribution in [1.82, 2.24) is 5.06 Å². The smallest absolute Gasteiger partial charge is 0.306 e.